The Morgan fingerprint density at radius 1 is 0.800 bits per heavy atom. The molecule has 114 valence electrons. The summed E-state index contributed by atoms with van der Waals surface area (Å²) >= 11 is 0. The molecule has 0 aliphatic heterocycles. The van der Waals surface area contributed by atoms with Gasteiger partial charge < -0.3 is 15.1 Å². The normalized spacial score (nSPS) is 10.3. The molecule has 5 nitrogen and oxygen atoms in total. The van der Waals surface area contributed by atoms with E-state index in [1.165, 1.54) is 25.7 Å². The van der Waals surface area contributed by atoms with Crippen LogP contribution in [0.1, 0.15) is 58.3 Å². The molecule has 0 fully saturated rings. The molecule has 0 heterocycles. The van der Waals surface area contributed by atoms with E-state index in [1.807, 2.05) is 4.90 Å². The van der Waals surface area contributed by atoms with Crippen molar-refractivity contribution in [2.75, 3.05) is 19.6 Å². The monoisotopic (exact) mass is 297 g/mol. The molecule has 0 aromatic heterocycles. The van der Waals surface area contributed by atoms with Crippen molar-refractivity contribution in [2.24, 2.45) is 0 Å². The van der Waals surface area contributed by atoms with Crippen molar-refractivity contribution in [3.8, 4) is 0 Å². The minimum absolute atomic E-state index is 0. The maximum atomic E-state index is 10.5. The Morgan fingerprint density at radius 2 is 1.25 bits per heavy atom. The fourth-order valence-electron chi connectivity index (χ4n) is 1.96. The van der Waals surface area contributed by atoms with E-state index in [-0.39, 0.29) is 42.4 Å². The maximum absolute atomic E-state index is 10.5. The van der Waals surface area contributed by atoms with Crippen LogP contribution in [0.2, 0.25) is 0 Å². The number of carboxylic acid groups (broad SMARTS) is 2. The number of aliphatic carboxylic acids is 2. The van der Waals surface area contributed by atoms with E-state index in [0.717, 1.165) is 19.4 Å². The number of hydrogen-bond acceptors (Lipinski definition) is 3. The third-order valence-corrected chi connectivity index (χ3v) is 3.11. The van der Waals surface area contributed by atoms with Crippen LogP contribution < -0.4 is 0 Å². The van der Waals surface area contributed by atoms with Crippen molar-refractivity contribution in [3.63, 3.8) is 0 Å². The summed E-state index contributed by atoms with van der Waals surface area (Å²) in [6, 6.07) is 0. The molecule has 0 aliphatic rings. The zero-order chi connectivity index (χ0) is 14.5. The van der Waals surface area contributed by atoms with Gasteiger partial charge in [0.15, 0.2) is 0 Å². The standard InChI is InChI=1S/C14H27NO4.Na.H/c1-2-3-4-5-6-7-10-15(11-8-13(16)17)12-9-14(18)19;;/h2-12H2,1H3,(H,16,17)(H,18,19);;. The van der Waals surface area contributed by atoms with Crippen LogP contribution in [-0.4, -0.2) is 76.2 Å². The Hall–Kier alpha value is -0.100. The van der Waals surface area contributed by atoms with Gasteiger partial charge in [-0.15, -0.1) is 0 Å². The molecule has 0 unspecified atom stereocenters. The third kappa shape index (κ3) is 16.0. The van der Waals surface area contributed by atoms with Crippen molar-refractivity contribution >= 4 is 41.5 Å². The van der Waals surface area contributed by atoms with Gasteiger partial charge >= 0.3 is 41.5 Å². The van der Waals surface area contributed by atoms with Gasteiger partial charge in [-0.05, 0) is 13.0 Å². The number of nitrogens with zero attached hydrogens (tertiary/aromatic N) is 1. The fourth-order valence-corrected chi connectivity index (χ4v) is 1.96. The molecule has 6 heteroatoms. The second-order valence-electron chi connectivity index (χ2n) is 4.90. The Bertz CT molecular complexity index is 244. The molecule has 0 saturated heterocycles. The van der Waals surface area contributed by atoms with Crippen LogP contribution in [0.4, 0.5) is 0 Å². The van der Waals surface area contributed by atoms with Crippen molar-refractivity contribution in [3.05, 3.63) is 0 Å². The first-order valence-corrected chi connectivity index (χ1v) is 7.22. The number of unbranched alkanes of at least 4 members (excludes halogenated alkanes) is 5. The summed E-state index contributed by atoms with van der Waals surface area (Å²) in [5, 5.41) is 17.3. The second kappa shape index (κ2) is 15.3. The summed E-state index contributed by atoms with van der Waals surface area (Å²) in [7, 11) is 0. The Balaban J connectivity index is 0. The summed E-state index contributed by atoms with van der Waals surface area (Å²) in [5.74, 6) is -1.66. The molecular formula is C14H28NNaO4. The molecule has 0 aromatic rings. The fraction of sp³-hybridized carbons (Fsp3) is 0.857. The van der Waals surface area contributed by atoms with Crippen LogP contribution >= 0.6 is 0 Å². The van der Waals surface area contributed by atoms with Crippen LogP contribution in [0.15, 0.2) is 0 Å². The second-order valence-corrected chi connectivity index (χ2v) is 4.90. The van der Waals surface area contributed by atoms with E-state index in [1.54, 1.807) is 0 Å². The molecular weight excluding hydrogens is 269 g/mol. The first kappa shape index (κ1) is 22.2. The quantitative estimate of drug-likeness (QED) is 0.401. The summed E-state index contributed by atoms with van der Waals surface area (Å²) < 4.78 is 0. The number of carboxylic acids is 2. The molecule has 0 amide bonds. The molecule has 2 N–H and O–H groups in total. The third-order valence-electron chi connectivity index (χ3n) is 3.11. The summed E-state index contributed by atoms with van der Waals surface area (Å²) in [5.41, 5.74) is 0. The van der Waals surface area contributed by atoms with E-state index in [0.29, 0.717) is 13.1 Å². The van der Waals surface area contributed by atoms with E-state index in [9.17, 15) is 9.59 Å². The number of carbonyl (C=O) groups is 2. The molecule has 20 heavy (non-hydrogen) atoms. The topological polar surface area (TPSA) is 77.8 Å². The zero-order valence-electron chi connectivity index (χ0n) is 11.9. The molecule has 0 spiro atoms. The molecule has 0 bridgehead atoms. The van der Waals surface area contributed by atoms with Crippen LogP contribution in [0.25, 0.3) is 0 Å². The van der Waals surface area contributed by atoms with Gasteiger partial charge in [-0.3, -0.25) is 9.59 Å². The van der Waals surface area contributed by atoms with Crippen molar-refractivity contribution in [1.29, 1.82) is 0 Å². The van der Waals surface area contributed by atoms with Crippen LogP contribution in [0, 0.1) is 0 Å². The molecule has 0 aliphatic carbocycles. The Morgan fingerprint density at radius 3 is 1.70 bits per heavy atom. The summed E-state index contributed by atoms with van der Waals surface area (Å²) in [6.07, 6.45) is 7.26. The number of rotatable bonds is 13. The van der Waals surface area contributed by atoms with E-state index >= 15 is 0 Å². The molecule has 0 aromatic carbocycles. The molecule has 0 rings (SSSR count). The van der Waals surface area contributed by atoms with Crippen LogP contribution in [0.5, 0.6) is 0 Å². The van der Waals surface area contributed by atoms with Crippen LogP contribution in [0.3, 0.4) is 0 Å². The average Bonchev–Trinajstić information content (AvgIpc) is 2.35. The molecule has 0 atom stereocenters. The summed E-state index contributed by atoms with van der Waals surface area (Å²) in [4.78, 5) is 23.0. The Kier molecular flexibility index (Phi) is 17.0. The SMILES string of the molecule is CCCCCCCCN(CCC(=O)O)CCC(=O)O.[NaH]. The first-order valence-electron chi connectivity index (χ1n) is 7.22. The summed E-state index contributed by atoms with van der Waals surface area (Å²) in [6.45, 7) is 3.86. The van der Waals surface area contributed by atoms with Gasteiger partial charge in [0.1, 0.15) is 0 Å². The minimum atomic E-state index is -0.830. The van der Waals surface area contributed by atoms with Gasteiger partial charge in [-0.2, -0.15) is 0 Å². The number of hydrogen-bond donors (Lipinski definition) is 2. The van der Waals surface area contributed by atoms with Crippen molar-refractivity contribution in [1.82, 2.24) is 4.90 Å². The molecule has 0 saturated carbocycles. The van der Waals surface area contributed by atoms with Gasteiger partial charge in [0.05, 0.1) is 12.8 Å². The zero-order valence-corrected chi connectivity index (χ0v) is 11.9. The van der Waals surface area contributed by atoms with E-state index in [2.05, 4.69) is 6.92 Å². The Labute approximate surface area is 144 Å². The van der Waals surface area contributed by atoms with Crippen molar-refractivity contribution < 1.29 is 19.8 Å². The van der Waals surface area contributed by atoms with Gasteiger partial charge in [-0.1, -0.05) is 39.0 Å². The van der Waals surface area contributed by atoms with E-state index in [4.69, 9.17) is 10.2 Å². The average molecular weight is 297 g/mol. The van der Waals surface area contributed by atoms with Gasteiger partial charge in [-0.25, -0.2) is 0 Å². The predicted molar refractivity (Wildman–Crippen MR) is 81.5 cm³/mol. The van der Waals surface area contributed by atoms with Gasteiger partial charge in [0, 0.05) is 13.1 Å². The van der Waals surface area contributed by atoms with Crippen molar-refractivity contribution in [2.45, 2.75) is 58.3 Å². The predicted octanol–water partition coefficient (Wildman–Crippen LogP) is 1.95. The molecule has 0 radical (unpaired) electrons. The van der Waals surface area contributed by atoms with Crippen LogP contribution in [-0.2, 0) is 9.59 Å². The van der Waals surface area contributed by atoms with Gasteiger partial charge in [0.2, 0.25) is 0 Å². The van der Waals surface area contributed by atoms with E-state index < -0.39 is 11.9 Å². The first-order chi connectivity index (χ1) is 9.06. The van der Waals surface area contributed by atoms with Gasteiger partial charge in [0.25, 0.3) is 0 Å².